The maximum atomic E-state index is 10.5. The molecule has 0 aliphatic rings. The molecule has 0 aromatic carbocycles. The Labute approximate surface area is 93.2 Å². The molecule has 0 fully saturated rings. The first-order valence-electron chi connectivity index (χ1n) is 4.36. The van der Waals surface area contributed by atoms with E-state index in [-0.39, 0.29) is 6.61 Å². The maximum Gasteiger partial charge on any atom is 0.469 e. The SMILES string of the molecule is C=C(C)OC(COC(C)=O)COP(=O)(O)O. The molecule has 0 heterocycles. The van der Waals surface area contributed by atoms with Crippen LogP contribution in [0.3, 0.4) is 0 Å². The monoisotopic (exact) mass is 254 g/mol. The van der Waals surface area contributed by atoms with Crippen molar-refractivity contribution in [1.82, 2.24) is 0 Å². The topological polar surface area (TPSA) is 102 Å². The summed E-state index contributed by atoms with van der Waals surface area (Å²) in [5, 5.41) is 0. The van der Waals surface area contributed by atoms with Crippen molar-refractivity contribution in [1.29, 1.82) is 0 Å². The molecule has 8 heteroatoms. The van der Waals surface area contributed by atoms with Crippen molar-refractivity contribution < 1.29 is 33.1 Å². The number of rotatable bonds is 7. The second-order valence-corrected chi connectivity index (χ2v) is 4.27. The molecule has 94 valence electrons. The van der Waals surface area contributed by atoms with Crippen molar-refractivity contribution in [2.24, 2.45) is 0 Å². The van der Waals surface area contributed by atoms with Crippen LogP contribution in [0.2, 0.25) is 0 Å². The van der Waals surface area contributed by atoms with Crippen LogP contribution in [0, 0.1) is 0 Å². The fourth-order valence-corrected chi connectivity index (χ4v) is 1.15. The van der Waals surface area contributed by atoms with Gasteiger partial charge in [-0.2, -0.15) is 0 Å². The van der Waals surface area contributed by atoms with E-state index in [4.69, 9.17) is 14.5 Å². The first-order chi connectivity index (χ1) is 7.20. The normalized spacial score (nSPS) is 13.0. The molecule has 0 aromatic heterocycles. The number of esters is 1. The molecule has 0 rings (SSSR count). The number of carbonyl (C=O) groups excluding carboxylic acids is 1. The number of phosphoric acid groups is 1. The van der Waals surface area contributed by atoms with E-state index in [9.17, 15) is 9.36 Å². The molecule has 1 atom stereocenters. The van der Waals surface area contributed by atoms with Crippen LogP contribution in [-0.4, -0.2) is 35.1 Å². The number of hydrogen-bond donors (Lipinski definition) is 2. The fourth-order valence-electron chi connectivity index (χ4n) is 0.791. The van der Waals surface area contributed by atoms with E-state index in [0.717, 1.165) is 0 Å². The summed E-state index contributed by atoms with van der Waals surface area (Å²) in [7, 11) is -4.56. The van der Waals surface area contributed by atoms with Crippen LogP contribution >= 0.6 is 7.82 Å². The Kier molecular flexibility index (Phi) is 6.28. The highest BCUT2D eigenvalue weighted by molar-refractivity contribution is 7.46. The van der Waals surface area contributed by atoms with Crippen LogP contribution in [0.1, 0.15) is 13.8 Å². The van der Waals surface area contributed by atoms with E-state index in [1.54, 1.807) is 6.92 Å². The largest absolute Gasteiger partial charge is 0.490 e. The predicted octanol–water partition coefficient (Wildman–Crippen LogP) is 0.578. The summed E-state index contributed by atoms with van der Waals surface area (Å²) in [5.74, 6) is -0.196. The van der Waals surface area contributed by atoms with E-state index >= 15 is 0 Å². The summed E-state index contributed by atoms with van der Waals surface area (Å²) in [6, 6.07) is 0. The zero-order chi connectivity index (χ0) is 12.8. The Morgan fingerprint density at radius 3 is 2.31 bits per heavy atom. The molecule has 2 N–H and O–H groups in total. The lowest BCUT2D eigenvalue weighted by Crippen LogP contribution is -2.25. The average Bonchev–Trinajstić information content (AvgIpc) is 2.07. The van der Waals surface area contributed by atoms with E-state index in [1.165, 1.54) is 6.92 Å². The third kappa shape index (κ3) is 9.67. The minimum Gasteiger partial charge on any atom is -0.490 e. The van der Waals surface area contributed by atoms with Gasteiger partial charge in [-0.15, -0.1) is 0 Å². The van der Waals surface area contributed by atoms with Crippen molar-refractivity contribution in [2.75, 3.05) is 13.2 Å². The number of phosphoric ester groups is 1. The number of hydrogen-bond acceptors (Lipinski definition) is 5. The average molecular weight is 254 g/mol. The van der Waals surface area contributed by atoms with Crippen molar-refractivity contribution in [2.45, 2.75) is 20.0 Å². The summed E-state index contributed by atoms with van der Waals surface area (Å²) < 4.78 is 24.4. The lowest BCUT2D eigenvalue weighted by molar-refractivity contribution is -0.144. The molecule has 0 radical (unpaired) electrons. The molecule has 0 spiro atoms. The van der Waals surface area contributed by atoms with Gasteiger partial charge in [-0.3, -0.25) is 9.32 Å². The van der Waals surface area contributed by atoms with Crippen LogP contribution < -0.4 is 0 Å². The van der Waals surface area contributed by atoms with Gasteiger partial charge >= 0.3 is 13.8 Å². The summed E-state index contributed by atoms with van der Waals surface area (Å²) in [6.07, 6.45) is -0.797. The first kappa shape index (κ1) is 15.1. The van der Waals surface area contributed by atoms with Gasteiger partial charge in [0.2, 0.25) is 0 Å². The van der Waals surface area contributed by atoms with Gasteiger partial charge in [0.25, 0.3) is 0 Å². The molecule has 1 unspecified atom stereocenters. The van der Waals surface area contributed by atoms with Crippen molar-refractivity contribution >= 4 is 13.8 Å². The Bertz CT molecular complexity index is 295. The van der Waals surface area contributed by atoms with Gasteiger partial charge in [-0.1, -0.05) is 6.58 Å². The standard InChI is InChI=1S/C8H15O7P/c1-6(2)15-8(4-13-7(3)9)5-14-16(10,11)12/h8H,1,4-5H2,2-3H3,(H2,10,11,12). The lowest BCUT2D eigenvalue weighted by Gasteiger charge is -2.18. The Hall–Kier alpha value is -0.880. The predicted molar refractivity (Wildman–Crippen MR) is 54.3 cm³/mol. The minimum atomic E-state index is -4.56. The first-order valence-corrected chi connectivity index (χ1v) is 5.89. The van der Waals surface area contributed by atoms with Gasteiger partial charge in [0.05, 0.1) is 12.4 Å². The van der Waals surface area contributed by atoms with Crippen LogP contribution in [0.5, 0.6) is 0 Å². The van der Waals surface area contributed by atoms with Gasteiger partial charge in [0.1, 0.15) is 6.61 Å². The van der Waals surface area contributed by atoms with Crippen LogP contribution in [0.25, 0.3) is 0 Å². The summed E-state index contributed by atoms with van der Waals surface area (Å²) in [6.45, 7) is 5.66. The second kappa shape index (κ2) is 6.65. The molecule has 0 aromatic rings. The van der Waals surface area contributed by atoms with E-state index < -0.39 is 26.5 Å². The lowest BCUT2D eigenvalue weighted by atomic mass is 10.4. The number of allylic oxidation sites excluding steroid dienone is 1. The number of carbonyl (C=O) groups is 1. The molecular formula is C8H15O7P. The van der Waals surface area contributed by atoms with Gasteiger partial charge < -0.3 is 19.3 Å². The van der Waals surface area contributed by atoms with Crippen molar-refractivity contribution in [3.8, 4) is 0 Å². The minimum absolute atomic E-state index is 0.164. The molecule has 7 nitrogen and oxygen atoms in total. The zero-order valence-electron chi connectivity index (χ0n) is 9.08. The van der Waals surface area contributed by atoms with Gasteiger partial charge in [-0.25, -0.2) is 4.57 Å². The summed E-state index contributed by atoms with van der Waals surface area (Å²) in [4.78, 5) is 27.5. The Morgan fingerprint density at radius 1 is 1.38 bits per heavy atom. The molecule has 0 aliphatic carbocycles. The van der Waals surface area contributed by atoms with E-state index in [2.05, 4.69) is 15.8 Å². The van der Waals surface area contributed by atoms with Crippen LogP contribution in [0.4, 0.5) is 0 Å². The van der Waals surface area contributed by atoms with Gasteiger partial charge in [0, 0.05) is 6.92 Å². The molecule has 0 amide bonds. The summed E-state index contributed by atoms with van der Waals surface area (Å²) >= 11 is 0. The van der Waals surface area contributed by atoms with Crippen LogP contribution in [0.15, 0.2) is 12.3 Å². The van der Waals surface area contributed by atoms with E-state index in [0.29, 0.717) is 5.76 Å². The molecule has 0 aliphatic heterocycles. The van der Waals surface area contributed by atoms with Crippen molar-refractivity contribution in [3.63, 3.8) is 0 Å². The van der Waals surface area contributed by atoms with Crippen molar-refractivity contribution in [3.05, 3.63) is 12.3 Å². The maximum absolute atomic E-state index is 10.5. The van der Waals surface area contributed by atoms with Crippen LogP contribution in [-0.2, 0) is 23.4 Å². The second-order valence-electron chi connectivity index (χ2n) is 3.03. The Morgan fingerprint density at radius 2 is 1.94 bits per heavy atom. The highest BCUT2D eigenvalue weighted by Crippen LogP contribution is 2.35. The molecule has 16 heavy (non-hydrogen) atoms. The van der Waals surface area contributed by atoms with Gasteiger partial charge in [-0.05, 0) is 6.92 Å². The fraction of sp³-hybridized carbons (Fsp3) is 0.625. The highest BCUT2D eigenvalue weighted by Gasteiger charge is 2.20. The van der Waals surface area contributed by atoms with Gasteiger partial charge in [0.15, 0.2) is 6.10 Å². The number of ether oxygens (including phenoxy) is 2. The third-order valence-electron chi connectivity index (χ3n) is 1.27. The molecule has 0 bridgehead atoms. The summed E-state index contributed by atoms with van der Waals surface area (Å²) in [5.41, 5.74) is 0. The molecular weight excluding hydrogens is 239 g/mol. The quantitative estimate of drug-likeness (QED) is 0.389. The third-order valence-corrected chi connectivity index (χ3v) is 1.75. The molecule has 0 saturated heterocycles. The smallest absolute Gasteiger partial charge is 0.469 e. The Balaban J connectivity index is 4.15. The zero-order valence-corrected chi connectivity index (χ0v) is 9.98. The van der Waals surface area contributed by atoms with E-state index in [1.807, 2.05) is 0 Å². The highest BCUT2D eigenvalue weighted by atomic mass is 31.2. The molecule has 0 saturated carbocycles.